The Kier molecular flexibility index (Phi) is 5.32. The predicted octanol–water partition coefficient (Wildman–Crippen LogP) is 1.76. The van der Waals surface area contributed by atoms with E-state index in [9.17, 15) is 9.18 Å². The van der Waals surface area contributed by atoms with E-state index in [4.69, 9.17) is 4.74 Å². The third-order valence-corrected chi connectivity index (χ3v) is 4.53. The molecule has 3 aromatic rings. The summed E-state index contributed by atoms with van der Waals surface area (Å²) < 4.78 is 20.5. The van der Waals surface area contributed by atoms with Crippen molar-refractivity contribution in [2.75, 3.05) is 13.7 Å². The second-order valence-electron chi connectivity index (χ2n) is 6.37. The zero-order chi connectivity index (χ0) is 18.7. The van der Waals surface area contributed by atoms with Crippen LogP contribution < -0.4 is 15.2 Å². The third-order valence-electron chi connectivity index (χ3n) is 4.53. The van der Waals surface area contributed by atoms with Gasteiger partial charge in [-0.3, -0.25) is 9.20 Å². The van der Waals surface area contributed by atoms with E-state index in [1.807, 2.05) is 31.2 Å². The SMILES string of the molecule is CC[NH+](Cc1ccc(OC)c(F)c1)Cc1cc(=O)n2c(C)cccc2n1. The maximum Gasteiger partial charge on any atom is 0.258 e. The standard InChI is InChI=1S/C20H22FN3O2/c1-4-23(12-15-8-9-18(26-3)17(21)10-15)13-16-11-20(25)24-14(2)6-5-7-19(24)22-16/h5-11H,4,12-13H2,1-3H3/p+1. The van der Waals surface area contributed by atoms with Crippen LogP contribution in [0.3, 0.4) is 0 Å². The molecule has 2 heterocycles. The zero-order valence-corrected chi connectivity index (χ0v) is 15.3. The lowest BCUT2D eigenvalue weighted by Crippen LogP contribution is -3.09. The lowest BCUT2D eigenvalue weighted by Gasteiger charge is -2.18. The molecule has 136 valence electrons. The molecular weight excluding hydrogens is 333 g/mol. The number of quaternary nitrogens is 1. The summed E-state index contributed by atoms with van der Waals surface area (Å²) in [5, 5.41) is 0. The number of nitrogens with one attached hydrogen (secondary N) is 1. The molecule has 1 unspecified atom stereocenters. The molecule has 1 aromatic carbocycles. The highest BCUT2D eigenvalue weighted by atomic mass is 19.1. The van der Waals surface area contributed by atoms with Crippen LogP contribution in [0.5, 0.6) is 5.75 Å². The van der Waals surface area contributed by atoms with Crippen molar-refractivity contribution < 1.29 is 14.0 Å². The van der Waals surface area contributed by atoms with Gasteiger partial charge in [-0.25, -0.2) is 9.37 Å². The van der Waals surface area contributed by atoms with Crippen molar-refractivity contribution >= 4 is 5.65 Å². The average Bonchev–Trinajstić information content (AvgIpc) is 2.61. The summed E-state index contributed by atoms with van der Waals surface area (Å²) >= 11 is 0. The van der Waals surface area contributed by atoms with Crippen LogP contribution in [0.25, 0.3) is 5.65 Å². The molecule has 0 radical (unpaired) electrons. The Labute approximate surface area is 151 Å². The van der Waals surface area contributed by atoms with E-state index in [0.717, 1.165) is 23.5 Å². The quantitative estimate of drug-likeness (QED) is 0.732. The minimum Gasteiger partial charge on any atom is -0.494 e. The monoisotopic (exact) mass is 356 g/mol. The summed E-state index contributed by atoms with van der Waals surface area (Å²) in [7, 11) is 1.45. The van der Waals surface area contributed by atoms with Crippen LogP contribution in [0.2, 0.25) is 0 Å². The molecule has 5 nitrogen and oxygen atoms in total. The van der Waals surface area contributed by atoms with Crippen molar-refractivity contribution in [1.29, 1.82) is 0 Å². The van der Waals surface area contributed by atoms with Crippen LogP contribution in [0.4, 0.5) is 4.39 Å². The molecule has 6 heteroatoms. The average molecular weight is 356 g/mol. The Hall–Kier alpha value is -2.73. The summed E-state index contributed by atoms with van der Waals surface area (Å²) in [6.07, 6.45) is 0. The molecule has 1 atom stereocenters. The van der Waals surface area contributed by atoms with Crippen LogP contribution in [0.1, 0.15) is 23.9 Å². The number of rotatable bonds is 6. The second-order valence-corrected chi connectivity index (χ2v) is 6.37. The minimum atomic E-state index is -0.363. The van der Waals surface area contributed by atoms with E-state index in [1.165, 1.54) is 18.1 Å². The highest BCUT2D eigenvalue weighted by Gasteiger charge is 2.13. The number of halogens is 1. The summed E-state index contributed by atoms with van der Waals surface area (Å²) in [6.45, 7) is 6.03. The maximum absolute atomic E-state index is 13.9. The zero-order valence-electron chi connectivity index (χ0n) is 15.3. The van der Waals surface area contributed by atoms with Gasteiger partial charge in [-0.1, -0.05) is 6.07 Å². The molecule has 0 saturated heterocycles. The van der Waals surface area contributed by atoms with E-state index in [0.29, 0.717) is 18.7 Å². The van der Waals surface area contributed by atoms with Crippen molar-refractivity contribution in [3.8, 4) is 5.75 Å². The van der Waals surface area contributed by atoms with Gasteiger partial charge in [0.25, 0.3) is 5.56 Å². The van der Waals surface area contributed by atoms with Crippen LogP contribution >= 0.6 is 0 Å². The molecule has 0 bridgehead atoms. The van der Waals surface area contributed by atoms with Crippen LogP contribution in [0.15, 0.2) is 47.3 Å². The molecular formula is C20H23FN3O2+. The molecule has 3 rings (SSSR count). The number of ether oxygens (including phenoxy) is 1. The number of methoxy groups -OCH3 is 1. The second kappa shape index (κ2) is 7.66. The van der Waals surface area contributed by atoms with Crippen molar-refractivity contribution in [3.05, 3.63) is 75.6 Å². The Morgan fingerprint density at radius 3 is 2.69 bits per heavy atom. The van der Waals surface area contributed by atoms with Crippen LogP contribution in [-0.2, 0) is 13.1 Å². The number of nitrogens with zero attached hydrogens (tertiary/aromatic N) is 2. The van der Waals surface area contributed by atoms with Gasteiger partial charge >= 0.3 is 0 Å². The first-order valence-electron chi connectivity index (χ1n) is 8.66. The van der Waals surface area contributed by atoms with Crippen LogP contribution in [-0.4, -0.2) is 23.0 Å². The topological polar surface area (TPSA) is 48.0 Å². The van der Waals surface area contributed by atoms with Gasteiger partial charge in [-0.15, -0.1) is 0 Å². The number of hydrogen-bond acceptors (Lipinski definition) is 3. The summed E-state index contributed by atoms with van der Waals surface area (Å²) in [5.74, 6) is -0.121. The molecule has 2 aromatic heterocycles. The van der Waals surface area contributed by atoms with Gasteiger partial charge in [-0.2, -0.15) is 0 Å². The Morgan fingerprint density at radius 1 is 1.19 bits per heavy atom. The lowest BCUT2D eigenvalue weighted by molar-refractivity contribution is -0.926. The van der Waals surface area contributed by atoms with Gasteiger partial charge < -0.3 is 9.64 Å². The normalized spacial score (nSPS) is 12.3. The summed E-state index contributed by atoms with van der Waals surface area (Å²) in [6, 6.07) is 12.2. The number of aromatic nitrogens is 2. The molecule has 0 fully saturated rings. The molecule has 0 amide bonds. The van der Waals surface area contributed by atoms with Crippen molar-refractivity contribution in [2.45, 2.75) is 26.9 Å². The van der Waals surface area contributed by atoms with Gasteiger partial charge in [0, 0.05) is 17.3 Å². The van der Waals surface area contributed by atoms with Gasteiger partial charge in [0.15, 0.2) is 11.6 Å². The lowest BCUT2D eigenvalue weighted by atomic mass is 10.2. The molecule has 0 spiro atoms. The minimum absolute atomic E-state index is 0.0750. The number of hydrogen-bond donors (Lipinski definition) is 1. The Balaban J connectivity index is 1.83. The Morgan fingerprint density at radius 2 is 2.00 bits per heavy atom. The van der Waals surface area contributed by atoms with E-state index in [2.05, 4.69) is 11.9 Å². The molecule has 0 aliphatic carbocycles. The van der Waals surface area contributed by atoms with Gasteiger partial charge in [0.05, 0.1) is 13.7 Å². The van der Waals surface area contributed by atoms with Gasteiger partial charge in [0.2, 0.25) is 0 Å². The van der Waals surface area contributed by atoms with Crippen LogP contribution in [0, 0.1) is 12.7 Å². The van der Waals surface area contributed by atoms with Gasteiger partial charge in [0.1, 0.15) is 24.4 Å². The predicted molar refractivity (Wildman–Crippen MR) is 98.1 cm³/mol. The molecule has 0 saturated carbocycles. The highest BCUT2D eigenvalue weighted by Crippen LogP contribution is 2.17. The first-order valence-corrected chi connectivity index (χ1v) is 8.66. The first kappa shape index (κ1) is 18.1. The molecule has 0 aliphatic rings. The number of pyridine rings is 1. The van der Waals surface area contributed by atoms with Crippen molar-refractivity contribution in [1.82, 2.24) is 9.38 Å². The fourth-order valence-corrected chi connectivity index (χ4v) is 3.13. The highest BCUT2D eigenvalue weighted by molar-refractivity contribution is 5.40. The fraction of sp³-hybridized carbons (Fsp3) is 0.300. The maximum atomic E-state index is 13.9. The smallest absolute Gasteiger partial charge is 0.258 e. The largest absolute Gasteiger partial charge is 0.494 e. The van der Waals surface area contributed by atoms with E-state index < -0.39 is 0 Å². The fourth-order valence-electron chi connectivity index (χ4n) is 3.13. The molecule has 0 aliphatic heterocycles. The van der Waals surface area contributed by atoms with Crippen molar-refractivity contribution in [2.24, 2.45) is 0 Å². The number of benzene rings is 1. The summed E-state index contributed by atoms with van der Waals surface area (Å²) in [5.41, 5.74) is 3.06. The summed E-state index contributed by atoms with van der Waals surface area (Å²) in [4.78, 5) is 18.2. The van der Waals surface area contributed by atoms with E-state index >= 15 is 0 Å². The first-order chi connectivity index (χ1) is 12.5. The van der Waals surface area contributed by atoms with Gasteiger partial charge in [-0.05, 0) is 44.2 Å². The number of fused-ring (bicyclic) bond motifs is 1. The number of aryl methyl sites for hydroxylation is 1. The van der Waals surface area contributed by atoms with E-state index in [1.54, 1.807) is 16.5 Å². The van der Waals surface area contributed by atoms with Crippen molar-refractivity contribution in [3.63, 3.8) is 0 Å². The van der Waals surface area contributed by atoms with E-state index in [-0.39, 0.29) is 17.1 Å². The Bertz CT molecular complexity index is 984. The third kappa shape index (κ3) is 3.75. The molecule has 1 N–H and O–H groups in total. The molecule has 26 heavy (non-hydrogen) atoms.